The molecule has 1 unspecified atom stereocenters. The third-order valence-electron chi connectivity index (χ3n) is 4.88. The summed E-state index contributed by atoms with van der Waals surface area (Å²) in [5, 5.41) is 7.41. The summed E-state index contributed by atoms with van der Waals surface area (Å²) in [6.45, 7) is 3.68. The number of esters is 1. The Balaban J connectivity index is 1.70. The molecule has 0 fully saturated rings. The summed E-state index contributed by atoms with van der Waals surface area (Å²) >= 11 is 7.68. The number of amides is 1. The van der Waals surface area contributed by atoms with Crippen molar-refractivity contribution in [2.24, 2.45) is 0 Å². The van der Waals surface area contributed by atoms with Gasteiger partial charge in [-0.15, -0.1) is 11.8 Å². The van der Waals surface area contributed by atoms with Gasteiger partial charge in [0.05, 0.1) is 12.9 Å². The molecule has 0 bridgehead atoms. The predicted octanol–water partition coefficient (Wildman–Crippen LogP) is 6.27. The van der Waals surface area contributed by atoms with Gasteiger partial charge < -0.3 is 14.0 Å². The smallest absolute Gasteiger partial charge is 0.412 e. The highest BCUT2D eigenvalue weighted by atomic mass is 35.5. The first-order chi connectivity index (χ1) is 15.9. The van der Waals surface area contributed by atoms with E-state index in [-0.39, 0.29) is 5.97 Å². The monoisotopic (exact) mass is 488 g/mol. The number of halogens is 1. The molecule has 2 aromatic carbocycles. The molecule has 7 nitrogen and oxygen atoms in total. The fraction of sp³-hybridized carbons (Fsp3) is 0.292. The fourth-order valence-electron chi connectivity index (χ4n) is 3.11. The highest BCUT2D eigenvalue weighted by molar-refractivity contribution is 7.99. The summed E-state index contributed by atoms with van der Waals surface area (Å²) in [4.78, 5) is 23.9. The van der Waals surface area contributed by atoms with E-state index in [4.69, 9.17) is 20.9 Å². The van der Waals surface area contributed by atoms with E-state index in [1.807, 2.05) is 49.4 Å². The van der Waals surface area contributed by atoms with E-state index >= 15 is 0 Å². The molecule has 1 amide bonds. The van der Waals surface area contributed by atoms with E-state index < -0.39 is 12.2 Å². The van der Waals surface area contributed by atoms with Crippen molar-refractivity contribution >= 4 is 41.1 Å². The Labute approximate surface area is 201 Å². The number of benzene rings is 2. The van der Waals surface area contributed by atoms with Crippen LogP contribution in [0.25, 0.3) is 11.3 Å². The average molecular weight is 489 g/mol. The Kier molecular flexibility index (Phi) is 8.79. The van der Waals surface area contributed by atoms with Crippen LogP contribution in [0.1, 0.15) is 36.8 Å². The number of carbonyl (C=O) groups excluding carboxylic acids is 2. The average Bonchev–Trinajstić information content (AvgIpc) is 3.21. The Hall–Kier alpha value is -2.97. The zero-order chi connectivity index (χ0) is 23.8. The van der Waals surface area contributed by atoms with Crippen LogP contribution < -0.4 is 5.32 Å². The second-order valence-electron chi connectivity index (χ2n) is 7.15. The number of methoxy groups -OCH3 is 1. The molecule has 3 rings (SSSR count). The molecule has 0 aliphatic rings. The molecule has 1 atom stereocenters. The topological polar surface area (TPSA) is 90.7 Å². The lowest BCUT2D eigenvalue weighted by Gasteiger charge is -2.15. The third-order valence-corrected chi connectivity index (χ3v) is 6.21. The van der Waals surface area contributed by atoms with E-state index in [0.29, 0.717) is 40.1 Å². The standard InChI is InChI=1S/C24H25ClN2O5S/c1-4-20-22(26-24(29)31-15(2)18-7-5-6-8-19(18)25)23(32-27-20)17-11-9-16(10-12-17)13-33-14-21(28)30-3/h5-12,15H,4,13-14H2,1-3H3,(H,26,29). The molecule has 174 valence electrons. The van der Waals surface area contributed by atoms with Crippen molar-refractivity contribution in [3.63, 3.8) is 0 Å². The Morgan fingerprint density at radius 1 is 1.18 bits per heavy atom. The number of aromatic nitrogens is 1. The number of ether oxygens (including phenoxy) is 2. The Morgan fingerprint density at radius 3 is 2.58 bits per heavy atom. The molecule has 1 N–H and O–H groups in total. The van der Waals surface area contributed by atoms with Gasteiger partial charge in [-0.1, -0.05) is 66.1 Å². The number of nitrogens with one attached hydrogen (secondary N) is 1. The molecule has 0 saturated heterocycles. The van der Waals surface area contributed by atoms with E-state index in [1.165, 1.54) is 18.9 Å². The Morgan fingerprint density at radius 2 is 1.91 bits per heavy atom. The first-order valence-electron chi connectivity index (χ1n) is 10.4. The van der Waals surface area contributed by atoms with Crippen LogP contribution >= 0.6 is 23.4 Å². The Bertz CT molecular complexity index is 1100. The minimum Gasteiger partial charge on any atom is -0.468 e. The lowest BCUT2D eigenvalue weighted by atomic mass is 10.1. The number of aryl methyl sites for hydroxylation is 1. The molecule has 1 aromatic heterocycles. The minimum absolute atomic E-state index is 0.253. The molecule has 1 heterocycles. The second kappa shape index (κ2) is 11.8. The van der Waals surface area contributed by atoms with Crippen LogP contribution in [0.4, 0.5) is 10.5 Å². The van der Waals surface area contributed by atoms with Gasteiger partial charge in [-0.3, -0.25) is 10.1 Å². The van der Waals surface area contributed by atoms with Crippen LogP contribution in [0.5, 0.6) is 0 Å². The number of anilines is 1. The molecule has 3 aromatic rings. The summed E-state index contributed by atoms with van der Waals surface area (Å²) in [6.07, 6.45) is -0.590. The normalized spacial score (nSPS) is 11.6. The first kappa shape index (κ1) is 24.7. The molecular weight excluding hydrogens is 464 g/mol. The van der Waals surface area contributed by atoms with Crippen LogP contribution in [0.15, 0.2) is 53.1 Å². The van der Waals surface area contributed by atoms with Gasteiger partial charge in [-0.05, 0) is 25.0 Å². The lowest BCUT2D eigenvalue weighted by Crippen LogP contribution is -2.17. The van der Waals surface area contributed by atoms with Crippen molar-refractivity contribution in [2.75, 3.05) is 18.2 Å². The van der Waals surface area contributed by atoms with Gasteiger partial charge in [-0.2, -0.15) is 0 Å². The van der Waals surface area contributed by atoms with E-state index in [0.717, 1.165) is 16.7 Å². The highest BCUT2D eigenvalue weighted by Crippen LogP contribution is 2.33. The maximum Gasteiger partial charge on any atom is 0.412 e. The van der Waals surface area contributed by atoms with Gasteiger partial charge in [0, 0.05) is 21.9 Å². The van der Waals surface area contributed by atoms with Crippen LogP contribution in [-0.4, -0.2) is 30.1 Å². The second-order valence-corrected chi connectivity index (χ2v) is 8.54. The molecule has 0 aliphatic carbocycles. The zero-order valence-corrected chi connectivity index (χ0v) is 20.2. The van der Waals surface area contributed by atoms with E-state index in [2.05, 4.69) is 15.2 Å². The quantitative estimate of drug-likeness (QED) is 0.355. The third kappa shape index (κ3) is 6.52. The number of hydrogen-bond donors (Lipinski definition) is 1. The van der Waals surface area contributed by atoms with Crippen LogP contribution in [0.2, 0.25) is 5.02 Å². The predicted molar refractivity (Wildman–Crippen MR) is 129 cm³/mol. The van der Waals surface area contributed by atoms with Gasteiger partial charge >= 0.3 is 12.1 Å². The minimum atomic E-state index is -0.627. The summed E-state index contributed by atoms with van der Waals surface area (Å²) in [5.74, 6) is 1.16. The molecule has 0 aliphatic heterocycles. The van der Waals surface area contributed by atoms with Crippen LogP contribution in [-0.2, 0) is 26.4 Å². The van der Waals surface area contributed by atoms with E-state index in [1.54, 1.807) is 13.0 Å². The van der Waals surface area contributed by atoms with Crippen molar-refractivity contribution in [1.29, 1.82) is 0 Å². The molecular formula is C24H25ClN2O5S. The van der Waals surface area contributed by atoms with Crippen molar-refractivity contribution in [1.82, 2.24) is 5.16 Å². The SMILES string of the molecule is CCc1noc(-c2ccc(CSCC(=O)OC)cc2)c1NC(=O)OC(C)c1ccccc1Cl. The maximum atomic E-state index is 12.6. The van der Waals surface area contributed by atoms with Crippen molar-refractivity contribution in [3.05, 3.63) is 70.4 Å². The van der Waals surface area contributed by atoms with Crippen LogP contribution in [0, 0.1) is 0 Å². The van der Waals surface area contributed by atoms with Gasteiger partial charge in [0.25, 0.3) is 0 Å². The van der Waals surface area contributed by atoms with E-state index in [9.17, 15) is 9.59 Å². The summed E-state index contributed by atoms with van der Waals surface area (Å²) in [7, 11) is 1.37. The number of rotatable bonds is 9. The summed E-state index contributed by atoms with van der Waals surface area (Å²) in [6, 6.07) is 14.9. The first-order valence-corrected chi connectivity index (χ1v) is 11.9. The molecule has 0 saturated carbocycles. The van der Waals surface area contributed by atoms with Crippen LogP contribution in [0.3, 0.4) is 0 Å². The lowest BCUT2D eigenvalue weighted by molar-refractivity contribution is -0.137. The van der Waals surface area contributed by atoms with Gasteiger partial charge in [-0.25, -0.2) is 4.79 Å². The molecule has 0 spiro atoms. The largest absolute Gasteiger partial charge is 0.468 e. The zero-order valence-electron chi connectivity index (χ0n) is 18.6. The number of hydrogen-bond acceptors (Lipinski definition) is 7. The molecule has 33 heavy (non-hydrogen) atoms. The summed E-state index contributed by atoms with van der Waals surface area (Å²) < 4.78 is 15.7. The summed E-state index contributed by atoms with van der Waals surface area (Å²) in [5.41, 5.74) is 3.62. The van der Waals surface area contributed by atoms with Gasteiger partial charge in [0.15, 0.2) is 5.76 Å². The maximum absolute atomic E-state index is 12.6. The van der Waals surface area contributed by atoms with Crippen molar-refractivity contribution in [2.45, 2.75) is 32.1 Å². The highest BCUT2D eigenvalue weighted by Gasteiger charge is 2.21. The fourth-order valence-corrected chi connectivity index (χ4v) is 4.22. The number of thioether (sulfide) groups is 1. The molecule has 9 heteroatoms. The van der Waals surface area contributed by atoms with Gasteiger partial charge in [0.2, 0.25) is 0 Å². The van der Waals surface area contributed by atoms with Crippen molar-refractivity contribution in [3.8, 4) is 11.3 Å². The van der Waals surface area contributed by atoms with Crippen molar-refractivity contribution < 1.29 is 23.6 Å². The molecule has 0 radical (unpaired) electrons. The number of nitrogens with zero attached hydrogens (tertiary/aromatic N) is 1. The van der Waals surface area contributed by atoms with Gasteiger partial charge in [0.1, 0.15) is 17.5 Å². The number of carbonyl (C=O) groups is 2.